The molecule has 2 aromatic heterocycles. The molecule has 0 N–H and O–H groups in total. The monoisotopic (exact) mass is 364 g/mol. The number of rotatable bonds is 6. The minimum Gasteiger partial charge on any atom is -0.383 e. The molecule has 1 atom stereocenters. The number of fused-ring (bicyclic) bond motifs is 3. The first kappa shape index (κ1) is 18.3. The van der Waals surface area contributed by atoms with Crippen LogP contribution in [0.2, 0.25) is 0 Å². The van der Waals surface area contributed by atoms with Crippen LogP contribution < -0.4 is 16.3 Å². The highest BCUT2D eigenvalue weighted by Crippen LogP contribution is 2.29. The van der Waals surface area contributed by atoms with Gasteiger partial charge in [-0.2, -0.15) is 10.1 Å². The van der Waals surface area contributed by atoms with Crippen LogP contribution in [0.15, 0.2) is 14.7 Å². The first-order chi connectivity index (χ1) is 12.4. The second-order valence-electron chi connectivity index (χ2n) is 6.28. The summed E-state index contributed by atoms with van der Waals surface area (Å²) in [5, 5.41) is 6.27. The summed E-state index contributed by atoms with van der Waals surface area (Å²) in [5.74, 6) is 0.534. The number of hydrazone groups is 1. The minimum absolute atomic E-state index is 0.144. The molecule has 0 unspecified atom stereocenters. The number of hydrogen-bond acceptors (Lipinski definition) is 7. The van der Waals surface area contributed by atoms with Crippen LogP contribution in [0, 0.1) is 0 Å². The average Bonchev–Trinajstić information content (AvgIpc) is 3.03. The molecule has 0 amide bonds. The topological polar surface area (TPSA) is 95.9 Å². The molecule has 0 radical (unpaired) electrons. The third kappa shape index (κ3) is 2.74. The van der Waals surface area contributed by atoms with Gasteiger partial charge in [0.2, 0.25) is 5.95 Å². The van der Waals surface area contributed by atoms with Gasteiger partial charge in [0.05, 0.1) is 38.1 Å². The van der Waals surface area contributed by atoms with Crippen LogP contribution in [0.25, 0.3) is 11.2 Å². The molecule has 0 fully saturated rings. The van der Waals surface area contributed by atoms with E-state index in [1.807, 2.05) is 18.4 Å². The van der Waals surface area contributed by atoms with Gasteiger partial charge in [0, 0.05) is 21.3 Å². The number of anilines is 1. The largest absolute Gasteiger partial charge is 0.383 e. The summed E-state index contributed by atoms with van der Waals surface area (Å²) in [6.07, 6.45) is 0. The zero-order valence-corrected chi connectivity index (χ0v) is 15.7. The molecule has 1 aliphatic rings. The van der Waals surface area contributed by atoms with Crippen molar-refractivity contribution in [2.24, 2.45) is 12.1 Å². The molecule has 10 heteroatoms. The highest BCUT2D eigenvalue weighted by Gasteiger charge is 2.30. The fraction of sp³-hybridized carbons (Fsp3) is 0.625. The van der Waals surface area contributed by atoms with Gasteiger partial charge in [-0.1, -0.05) is 0 Å². The lowest BCUT2D eigenvalue weighted by atomic mass is 10.2. The van der Waals surface area contributed by atoms with Crippen LogP contribution in [0.5, 0.6) is 0 Å². The zero-order chi connectivity index (χ0) is 19.0. The zero-order valence-electron chi connectivity index (χ0n) is 15.7. The number of imidazole rings is 1. The van der Waals surface area contributed by atoms with Crippen LogP contribution in [-0.2, 0) is 23.1 Å². The lowest BCUT2D eigenvalue weighted by Gasteiger charge is -2.28. The maximum absolute atomic E-state index is 13.1. The highest BCUT2D eigenvalue weighted by molar-refractivity contribution is 5.91. The van der Waals surface area contributed by atoms with E-state index in [9.17, 15) is 9.59 Å². The van der Waals surface area contributed by atoms with E-state index >= 15 is 0 Å². The van der Waals surface area contributed by atoms with Gasteiger partial charge in [0.25, 0.3) is 5.56 Å². The Bertz CT molecular complexity index is 970. The first-order valence-corrected chi connectivity index (χ1v) is 8.44. The molecule has 0 spiro atoms. The van der Waals surface area contributed by atoms with Crippen molar-refractivity contribution in [3.8, 4) is 0 Å². The van der Waals surface area contributed by atoms with Gasteiger partial charge in [0.15, 0.2) is 11.2 Å². The summed E-state index contributed by atoms with van der Waals surface area (Å²) < 4.78 is 14.6. The molecule has 0 saturated heterocycles. The SMILES string of the molecule is COCCN1N=C(C)[C@@H](C)n2c1nc1c2c(=O)n(CCOC)c(=O)n1C. The van der Waals surface area contributed by atoms with Crippen molar-refractivity contribution in [1.29, 1.82) is 0 Å². The number of methoxy groups -OCH3 is 2. The summed E-state index contributed by atoms with van der Waals surface area (Å²) in [6, 6.07) is -0.144. The van der Waals surface area contributed by atoms with E-state index in [1.54, 1.807) is 19.2 Å². The Kier molecular flexibility index (Phi) is 4.97. The third-order valence-electron chi connectivity index (χ3n) is 4.68. The Morgan fingerprint density at radius 3 is 2.42 bits per heavy atom. The van der Waals surface area contributed by atoms with Gasteiger partial charge in [-0.25, -0.2) is 9.80 Å². The van der Waals surface area contributed by atoms with Gasteiger partial charge in [-0.05, 0) is 13.8 Å². The number of hydrogen-bond donors (Lipinski definition) is 0. The van der Waals surface area contributed by atoms with Crippen molar-refractivity contribution in [3.05, 3.63) is 20.8 Å². The smallest absolute Gasteiger partial charge is 0.332 e. The minimum atomic E-state index is -0.413. The molecule has 0 aliphatic carbocycles. The maximum Gasteiger partial charge on any atom is 0.332 e. The van der Waals surface area contributed by atoms with E-state index in [4.69, 9.17) is 9.47 Å². The molecule has 3 rings (SSSR count). The van der Waals surface area contributed by atoms with E-state index in [0.29, 0.717) is 30.3 Å². The summed E-state index contributed by atoms with van der Waals surface area (Å²) in [6.45, 7) is 5.29. The Hall–Kier alpha value is -2.46. The van der Waals surface area contributed by atoms with Crippen molar-refractivity contribution in [2.45, 2.75) is 26.4 Å². The van der Waals surface area contributed by atoms with E-state index in [1.165, 1.54) is 16.2 Å². The van der Waals surface area contributed by atoms with Crippen molar-refractivity contribution < 1.29 is 9.47 Å². The van der Waals surface area contributed by atoms with Gasteiger partial charge in [-0.15, -0.1) is 0 Å². The first-order valence-electron chi connectivity index (χ1n) is 8.44. The summed E-state index contributed by atoms with van der Waals surface area (Å²) in [7, 11) is 4.76. The summed E-state index contributed by atoms with van der Waals surface area (Å²) >= 11 is 0. The Morgan fingerprint density at radius 2 is 1.77 bits per heavy atom. The van der Waals surface area contributed by atoms with Crippen molar-refractivity contribution in [3.63, 3.8) is 0 Å². The quantitative estimate of drug-likeness (QED) is 0.713. The molecule has 10 nitrogen and oxygen atoms in total. The van der Waals surface area contributed by atoms with E-state index in [0.717, 1.165) is 5.71 Å². The molecule has 0 bridgehead atoms. The van der Waals surface area contributed by atoms with Gasteiger partial charge in [0.1, 0.15) is 0 Å². The normalized spacial score (nSPS) is 16.9. The van der Waals surface area contributed by atoms with Gasteiger partial charge >= 0.3 is 5.69 Å². The second kappa shape index (κ2) is 7.04. The van der Waals surface area contributed by atoms with Gasteiger partial charge < -0.3 is 9.47 Å². The molecule has 0 saturated carbocycles. The molecule has 26 heavy (non-hydrogen) atoms. The average molecular weight is 364 g/mol. The van der Waals surface area contributed by atoms with E-state index in [-0.39, 0.29) is 24.8 Å². The summed E-state index contributed by atoms with van der Waals surface area (Å²) in [4.78, 5) is 30.2. The fourth-order valence-corrected chi connectivity index (χ4v) is 3.09. The van der Waals surface area contributed by atoms with Crippen LogP contribution in [0.3, 0.4) is 0 Å². The Labute approximate surface area is 150 Å². The van der Waals surface area contributed by atoms with E-state index in [2.05, 4.69) is 10.1 Å². The molecular weight excluding hydrogens is 340 g/mol. The summed E-state index contributed by atoms with van der Waals surface area (Å²) in [5.41, 5.74) is 0.811. The predicted octanol–water partition coefficient (Wildman–Crippen LogP) is -0.0536. The molecule has 3 heterocycles. The highest BCUT2D eigenvalue weighted by atomic mass is 16.5. The second-order valence-corrected chi connectivity index (χ2v) is 6.28. The lowest BCUT2D eigenvalue weighted by molar-refractivity contribution is 0.184. The molecule has 1 aliphatic heterocycles. The van der Waals surface area contributed by atoms with Crippen LogP contribution in [-0.4, -0.2) is 58.4 Å². The number of nitrogens with zero attached hydrogens (tertiary/aromatic N) is 6. The molecule has 142 valence electrons. The third-order valence-corrected chi connectivity index (χ3v) is 4.68. The molecule has 0 aromatic carbocycles. The Morgan fingerprint density at radius 1 is 1.12 bits per heavy atom. The number of aromatic nitrogens is 4. The van der Waals surface area contributed by atoms with Crippen LogP contribution in [0.1, 0.15) is 19.9 Å². The van der Waals surface area contributed by atoms with E-state index < -0.39 is 5.69 Å². The van der Waals surface area contributed by atoms with Crippen molar-refractivity contribution >= 4 is 22.8 Å². The van der Waals surface area contributed by atoms with Crippen LogP contribution >= 0.6 is 0 Å². The predicted molar refractivity (Wildman–Crippen MR) is 98.2 cm³/mol. The fourth-order valence-electron chi connectivity index (χ4n) is 3.09. The number of aryl methyl sites for hydroxylation is 1. The van der Waals surface area contributed by atoms with Gasteiger partial charge in [-0.3, -0.25) is 18.5 Å². The standard InChI is InChI=1S/C16H24N6O4/c1-10-11(2)22-12-13(17-15(22)21(18-10)7-9-26-5)19(3)16(24)20(14(12)23)6-8-25-4/h11H,6-9H2,1-5H3/t11-/m1/s1. The molecular formula is C16H24N6O4. The maximum atomic E-state index is 13.1. The number of ether oxygens (including phenoxy) is 2. The van der Waals surface area contributed by atoms with Crippen molar-refractivity contribution in [1.82, 2.24) is 18.7 Å². The lowest BCUT2D eigenvalue weighted by Crippen LogP contribution is -2.41. The van der Waals surface area contributed by atoms with Crippen molar-refractivity contribution in [2.75, 3.05) is 39.0 Å². The van der Waals surface area contributed by atoms with Crippen LogP contribution in [0.4, 0.5) is 5.95 Å². The molecule has 2 aromatic rings. The Balaban J connectivity index is 2.29.